The van der Waals surface area contributed by atoms with Gasteiger partial charge < -0.3 is 0 Å². The predicted octanol–water partition coefficient (Wildman–Crippen LogP) is 1.26. The van der Waals surface area contributed by atoms with Gasteiger partial charge in [-0.2, -0.15) is 0 Å². The van der Waals surface area contributed by atoms with E-state index in [2.05, 4.69) is 35.6 Å². The van der Waals surface area contributed by atoms with Gasteiger partial charge >= 0.3 is 0 Å². The molecule has 0 radical (unpaired) electrons. The molecule has 3 atom stereocenters. The first-order valence-corrected chi connectivity index (χ1v) is 4.84. The first-order valence-electron chi connectivity index (χ1n) is 4.84. The maximum atomic E-state index is 5.37. The molecular formula is C12H14N2. The minimum atomic E-state index is 0.0141. The van der Waals surface area contributed by atoms with Crippen LogP contribution in [0.1, 0.15) is 17.9 Å². The highest BCUT2D eigenvalue weighted by molar-refractivity contribution is 5.28. The van der Waals surface area contributed by atoms with Gasteiger partial charge in [0, 0.05) is 0 Å². The molecule has 0 bridgehead atoms. The van der Waals surface area contributed by atoms with Crippen LogP contribution >= 0.6 is 0 Å². The molecule has 1 aliphatic carbocycles. The third-order valence-corrected chi connectivity index (χ3v) is 2.85. The Morgan fingerprint density at radius 2 is 2.14 bits per heavy atom. The van der Waals surface area contributed by atoms with Crippen molar-refractivity contribution in [3.8, 4) is 12.3 Å². The van der Waals surface area contributed by atoms with E-state index in [4.69, 9.17) is 12.3 Å². The van der Waals surface area contributed by atoms with Crippen molar-refractivity contribution in [1.82, 2.24) is 5.43 Å². The molecule has 2 heteroatoms. The van der Waals surface area contributed by atoms with Crippen molar-refractivity contribution < 1.29 is 0 Å². The third kappa shape index (κ3) is 1.65. The number of hydrazine groups is 1. The number of nitrogens with two attached hydrogens (primary N) is 1. The monoisotopic (exact) mass is 186 g/mol. The number of rotatable bonds is 3. The van der Waals surface area contributed by atoms with Crippen molar-refractivity contribution >= 4 is 0 Å². The average molecular weight is 186 g/mol. The van der Waals surface area contributed by atoms with Gasteiger partial charge in [0.05, 0.1) is 6.04 Å². The summed E-state index contributed by atoms with van der Waals surface area (Å²) in [6, 6.07) is 10.5. The highest BCUT2D eigenvalue weighted by atomic mass is 15.2. The summed E-state index contributed by atoms with van der Waals surface area (Å²) in [5.74, 6) is 9.15. The van der Waals surface area contributed by atoms with E-state index in [-0.39, 0.29) is 6.04 Å². The van der Waals surface area contributed by atoms with Crippen LogP contribution in [0.2, 0.25) is 0 Å². The molecule has 2 rings (SSSR count). The fraction of sp³-hybridized carbons (Fsp3) is 0.333. The summed E-state index contributed by atoms with van der Waals surface area (Å²) in [6.07, 6.45) is 6.51. The van der Waals surface area contributed by atoms with E-state index in [1.54, 1.807) is 0 Å². The van der Waals surface area contributed by atoms with Gasteiger partial charge in [0.1, 0.15) is 0 Å². The lowest BCUT2D eigenvalue weighted by Crippen LogP contribution is -2.35. The molecule has 0 spiro atoms. The van der Waals surface area contributed by atoms with Gasteiger partial charge in [-0.3, -0.25) is 5.84 Å². The van der Waals surface area contributed by atoms with E-state index in [0.717, 1.165) is 6.42 Å². The lowest BCUT2D eigenvalue weighted by Gasteiger charge is -2.07. The second-order valence-electron chi connectivity index (χ2n) is 3.73. The smallest absolute Gasteiger partial charge is 0.0849 e. The lowest BCUT2D eigenvalue weighted by molar-refractivity contribution is 0.564. The van der Waals surface area contributed by atoms with E-state index in [9.17, 15) is 0 Å². The van der Waals surface area contributed by atoms with Crippen molar-refractivity contribution in [1.29, 1.82) is 0 Å². The quantitative estimate of drug-likeness (QED) is 0.423. The lowest BCUT2D eigenvalue weighted by atomic mass is 10.1. The molecular weight excluding hydrogens is 172 g/mol. The summed E-state index contributed by atoms with van der Waals surface area (Å²) >= 11 is 0. The van der Waals surface area contributed by atoms with E-state index in [1.165, 1.54) is 5.56 Å². The van der Waals surface area contributed by atoms with Crippen LogP contribution in [0.4, 0.5) is 0 Å². The maximum absolute atomic E-state index is 5.37. The minimum Gasteiger partial charge on any atom is -0.270 e. The molecule has 0 heterocycles. The first-order chi connectivity index (χ1) is 6.86. The Balaban J connectivity index is 2.03. The molecule has 1 fully saturated rings. The van der Waals surface area contributed by atoms with E-state index >= 15 is 0 Å². The van der Waals surface area contributed by atoms with Gasteiger partial charge in [-0.1, -0.05) is 36.3 Å². The Morgan fingerprint density at radius 3 is 2.71 bits per heavy atom. The van der Waals surface area contributed by atoms with Crippen molar-refractivity contribution in [2.24, 2.45) is 11.8 Å². The van der Waals surface area contributed by atoms with Crippen molar-refractivity contribution in [2.45, 2.75) is 18.4 Å². The normalized spacial score (nSPS) is 26.6. The summed E-state index contributed by atoms with van der Waals surface area (Å²) in [4.78, 5) is 0. The van der Waals surface area contributed by atoms with Crippen LogP contribution in [0.15, 0.2) is 30.3 Å². The van der Waals surface area contributed by atoms with Gasteiger partial charge in [0.2, 0.25) is 0 Å². The number of hydrogen-bond donors (Lipinski definition) is 2. The standard InChI is InChI=1S/C12H14N2/c1-2-12(14-13)11-8-10(11)9-6-4-3-5-7-9/h1,3-7,10-12,14H,8,13H2. The van der Waals surface area contributed by atoms with Crippen molar-refractivity contribution in [3.63, 3.8) is 0 Å². The molecule has 0 aromatic heterocycles. The predicted molar refractivity (Wildman–Crippen MR) is 57.2 cm³/mol. The summed E-state index contributed by atoms with van der Waals surface area (Å²) in [5.41, 5.74) is 4.05. The molecule has 0 saturated heterocycles. The molecule has 1 aromatic carbocycles. The first kappa shape index (κ1) is 9.26. The summed E-state index contributed by atoms with van der Waals surface area (Å²) in [6.45, 7) is 0. The van der Waals surface area contributed by atoms with Gasteiger partial charge in [0.15, 0.2) is 0 Å². The zero-order chi connectivity index (χ0) is 9.97. The Labute approximate surface area is 84.5 Å². The molecule has 3 N–H and O–H groups in total. The van der Waals surface area contributed by atoms with E-state index in [1.807, 2.05) is 6.07 Å². The summed E-state index contributed by atoms with van der Waals surface area (Å²) < 4.78 is 0. The Morgan fingerprint density at radius 1 is 1.43 bits per heavy atom. The third-order valence-electron chi connectivity index (χ3n) is 2.85. The van der Waals surface area contributed by atoms with Crippen molar-refractivity contribution in [3.05, 3.63) is 35.9 Å². The van der Waals surface area contributed by atoms with Crippen LogP contribution in [0.3, 0.4) is 0 Å². The SMILES string of the molecule is C#CC(NN)C1CC1c1ccccc1. The zero-order valence-corrected chi connectivity index (χ0v) is 7.98. The summed E-state index contributed by atoms with van der Waals surface area (Å²) in [5, 5.41) is 0. The summed E-state index contributed by atoms with van der Waals surface area (Å²) in [7, 11) is 0. The highest BCUT2D eigenvalue weighted by Crippen LogP contribution is 2.49. The molecule has 0 aliphatic heterocycles. The molecule has 1 aromatic rings. The second kappa shape index (κ2) is 3.83. The number of benzene rings is 1. The fourth-order valence-electron chi connectivity index (χ4n) is 1.96. The molecule has 14 heavy (non-hydrogen) atoms. The largest absolute Gasteiger partial charge is 0.270 e. The van der Waals surface area contributed by atoms with Gasteiger partial charge in [-0.25, -0.2) is 5.43 Å². The van der Waals surface area contributed by atoms with Crippen LogP contribution in [0, 0.1) is 18.3 Å². The molecule has 1 aliphatic rings. The highest BCUT2D eigenvalue weighted by Gasteiger charge is 2.42. The van der Waals surface area contributed by atoms with Crippen LogP contribution in [-0.2, 0) is 0 Å². The molecule has 3 unspecified atom stereocenters. The van der Waals surface area contributed by atoms with Crippen molar-refractivity contribution in [2.75, 3.05) is 0 Å². The van der Waals surface area contributed by atoms with Crippen LogP contribution in [-0.4, -0.2) is 6.04 Å². The fourth-order valence-corrected chi connectivity index (χ4v) is 1.96. The van der Waals surface area contributed by atoms with Gasteiger partial charge in [-0.05, 0) is 23.8 Å². The molecule has 2 nitrogen and oxygen atoms in total. The Bertz CT molecular complexity index is 339. The molecule has 72 valence electrons. The second-order valence-corrected chi connectivity index (χ2v) is 3.73. The number of hydrogen-bond acceptors (Lipinski definition) is 2. The zero-order valence-electron chi connectivity index (χ0n) is 7.98. The maximum Gasteiger partial charge on any atom is 0.0849 e. The Hall–Kier alpha value is -1.30. The Kier molecular flexibility index (Phi) is 2.53. The average Bonchev–Trinajstić information content (AvgIpc) is 3.01. The van der Waals surface area contributed by atoms with E-state index < -0.39 is 0 Å². The molecule has 0 amide bonds. The van der Waals surface area contributed by atoms with Crippen LogP contribution in [0.5, 0.6) is 0 Å². The topological polar surface area (TPSA) is 38.0 Å². The molecule has 1 saturated carbocycles. The van der Waals surface area contributed by atoms with Crippen LogP contribution < -0.4 is 11.3 Å². The minimum absolute atomic E-state index is 0.0141. The van der Waals surface area contributed by atoms with E-state index in [0.29, 0.717) is 11.8 Å². The van der Waals surface area contributed by atoms with Gasteiger partial charge in [0.25, 0.3) is 0 Å². The van der Waals surface area contributed by atoms with Gasteiger partial charge in [-0.15, -0.1) is 6.42 Å². The van der Waals surface area contributed by atoms with Crippen LogP contribution in [0.25, 0.3) is 0 Å². The number of nitrogens with one attached hydrogen (secondary N) is 1. The number of terminal acetylenes is 1.